The average molecular weight is 278 g/mol. The number of cyclic esters (lactones) is 1. The normalized spacial score (nSPS) is 17.8. The van der Waals surface area contributed by atoms with Gasteiger partial charge in [-0.15, -0.1) is 0 Å². The lowest BCUT2D eigenvalue weighted by Gasteiger charge is -2.13. The summed E-state index contributed by atoms with van der Waals surface area (Å²) in [5, 5.41) is 0. The molecular formula is C15H9F3O2. The zero-order chi connectivity index (χ0) is 14.3. The van der Waals surface area contributed by atoms with Crippen molar-refractivity contribution in [2.75, 3.05) is 0 Å². The zero-order valence-corrected chi connectivity index (χ0v) is 10.1. The first-order valence-electron chi connectivity index (χ1n) is 5.94. The third kappa shape index (κ3) is 2.05. The summed E-state index contributed by atoms with van der Waals surface area (Å²) in [7, 11) is 0. The number of halogens is 3. The summed E-state index contributed by atoms with van der Waals surface area (Å²) in [6.45, 7) is 0. The van der Waals surface area contributed by atoms with Gasteiger partial charge >= 0.3 is 12.1 Å². The first-order valence-corrected chi connectivity index (χ1v) is 5.94. The van der Waals surface area contributed by atoms with Crippen molar-refractivity contribution in [3.63, 3.8) is 0 Å². The number of fused-ring (bicyclic) bond motifs is 1. The topological polar surface area (TPSA) is 26.3 Å². The highest BCUT2D eigenvalue weighted by Crippen LogP contribution is 2.38. The van der Waals surface area contributed by atoms with E-state index in [2.05, 4.69) is 0 Å². The Bertz CT molecular complexity index is 677. The molecule has 1 unspecified atom stereocenters. The molecular weight excluding hydrogens is 269 g/mol. The summed E-state index contributed by atoms with van der Waals surface area (Å²) in [4.78, 5) is 11.7. The molecule has 0 spiro atoms. The number of hydrogen-bond acceptors (Lipinski definition) is 2. The fraction of sp³-hybridized carbons (Fsp3) is 0.133. The molecule has 20 heavy (non-hydrogen) atoms. The Labute approximate surface area is 112 Å². The monoisotopic (exact) mass is 278 g/mol. The zero-order valence-electron chi connectivity index (χ0n) is 10.1. The van der Waals surface area contributed by atoms with Crippen LogP contribution in [0.5, 0.6) is 0 Å². The SMILES string of the molecule is O=C1OC(c2cccc(C(F)(F)F)c2)c2ccccc21. The molecule has 1 aliphatic heterocycles. The van der Waals surface area contributed by atoms with Gasteiger partial charge in [0.25, 0.3) is 0 Å². The first-order chi connectivity index (χ1) is 9.47. The highest BCUT2D eigenvalue weighted by molar-refractivity contribution is 5.94. The Kier molecular flexibility index (Phi) is 2.78. The summed E-state index contributed by atoms with van der Waals surface area (Å²) in [6.07, 6.45) is -5.20. The van der Waals surface area contributed by atoms with Gasteiger partial charge in [0.1, 0.15) is 0 Å². The minimum absolute atomic E-state index is 0.318. The molecule has 2 aromatic carbocycles. The molecule has 5 heteroatoms. The summed E-state index contributed by atoms with van der Waals surface area (Å²) in [5.74, 6) is -0.511. The second-order valence-electron chi connectivity index (χ2n) is 4.50. The van der Waals surface area contributed by atoms with Gasteiger partial charge in [0.05, 0.1) is 11.1 Å². The quantitative estimate of drug-likeness (QED) is 0.738. The van der Waals surface area contributed by atoms with E-state index < -0.39 is 23.8 Å². The van der Waals surface area contributed by atoms with Crippen LogP contribution in [0.3, 0.4) is 0 Å². The average Bonchev–Trinajstić information content (AvgIpc) is 2.76. The number of carbonyl (C=O) groups excluding carboxylic acids is 1. The van der Waals surface area contributed by atoms with E-state index in [1.165, 1.54) is 12.1 Å². The van der Waals surface area contributed by atoms with Gasteiger partial charge in [0.2, 0.25) is 0 Å². The van der Waals surface area contributed by atoms with E-state index in [0.717, 1.165) is 12.1 Å². The second kappa shape index (κ2) is 4.37. The van der Waals surface area contributed by atoms with E-state index in [1.807, 2.05) is 0 Å². The van der Waals surface area contributed by atoms with Crippen LogP contribution in [0.2, 0.25) is 0 Å². The standard InChI is InChI=1S/C15H9F3O2/c16-15(17,18)10-5-3-4-9(8-10)13-11-6-1-2-7-12(11)14(19)20-13/h1-8,13H. The molecule has 2 aromatic rings. The van der Waals surface area contributed by atoms with Gasteiger partial charge in [0, 0.05) is 5.56 Å². The molecule has 0 N–H and O–H groups in total. The summed E-state index contributed by atoms with van der Waals surface area (Å²) in [6, 6.07) is 11.5. The minimum atomic E-state index is -4.42. The van der Waals surface area contributed by atoms with Gasteiger partial charge in [-0.3, -0.25) is 0 Å². The van der Waals surface area contributed by atoms with Crippen LogP contribution in [-0.4, -0.2) is 5.97 Å². The number of esters is 1. The molecule has 1 heterocycles. The number of carbonyl (C=O) groups is 1. The van der Waals surface area contributed by atoms with Gasteiger partial charge in [-0.1, -0.05) is 30.3 Å². The van der Waals surface area contributed by atoms with Crippen LogP contribution >= 0.6 is 0 Å². The van der Waals surface area contributed by atoms with Crippen molar-refractivity contribution in [2.45, 2.75) is 12.3 Å². The third-order valence-electron chi connectivity index (χ3n) is 3.20. The maximum atomic E-state index is 12.7. The second-order valence-corrected chi connectivity index (χ2v) is 4.50. The van der Waals surface area contributed by atoms with E-state index in [-0.39, 0.29) is 0 Å². The van der Waals surface area contributed by atoms with E-state index in [1.54, 1.807) is 24.3 Å². The van der Waals surface area contributed by atoms with Crippen molar-refractivity contribution in [3.05, 3.63) is 70.8 Å². The number of rotatable bonds is 1. The highest BCUT2D eigenvalue weighted by atomic mass is 19.4. The fourth-order valence-electron chi connectivity index (χ4n) is 2.27. The molecule has 0 amide bonds. The summed E-state index contributed by atoms with van der Waals surface area (Å²) >= 11 is 0. The van der Waals surface area contributed by atoms with Gasteiger partial charge in [-0.2, -0.15) is 13.2 Å². The smallest absolute Gasteiger partial charge is 0.416 e. The van der Waals surface area contributed by atoms with E-state index in [0.29, 0.717) is 16.7 Å². The van der Waals surface area contributed by atoms with Gasteiger partial charge < -0.3 is 4.74 Å². The molecule has 0 fully saturated rings. The van der Waals surface area contributed by atoms with Crippen molar-refractivity contribution in [1.82, 2.24) is 0 Å². The molecule has 102 valence electrons. The fourth-order valence-corrected chi connectivity index (χ4v) is 2.27. The molecule has 0 radical (unpaired) electrons. The number of ether oxygens (including phenoxy) is 1. The van der Waals surface area contributed by atoms with Crippen LogP contribution in [0.4, 0.5) is 13.2 Å². The largest absolute Gasteiger partial charge is 0.449 e. The van der Waals surface area contributed by atoms with Crippen LogP contribution in [0.15, 0.2) is 48.5 Å². The molecule has 0 saturated heterocycles. The lowest BCUT2D eigenvalue weighted by molar-refractivity contribution is -0.137. The number of benzene rings is 2. The van der Waals surface area contributed by atoms with Crippen LogP contribution in [0, 0.1) is 0 Å². The lowest BCUT2D eigenvalue weighted by Crippen LogP contribution is -2.07. The van der Waals surface area contributed by atoms with Crippen LogP contribution in [0.25, 0.3) is 0 Å². The van der Waals surface area contributed by atoms with Crippen LogP contribution in [0.1, 0.15) is 33.2 Å². The molecule has 3 rings (SSSR count). The Morgan fingerprint density at radius 1 is 1.00 bits per heavy atom. The van der Waals surface area contributed by atoms with Crippen molar-refractivity contribution in [1.29, 1.82) is 0 Å². The van der Waals surface area contributed by atoms with Gasteiger partial charge in [-0.25, -0.2) is 4.79 Å². The van der Waals surface area contributed by atoms with Crippen molar-refractivity contribution in [3.8, 4) is 0 Å². The molecule has 1 aliphatic rings. The number of hydrogen-bond donors (Lipinski definition) is 0. The van der Waals surface area contributed by atoms with Crippen LogP contribution < -0.4 is 0 Å². The maximum Gasteiger partial charge on any atom is 0.416 e. The molecule has 0 aliphatic carbocycles. The van der Waals surface area contributed by atoms with E-state index in [9.17, 15) is 18.0 Å². The Balaban J connectivity index is 2.06. The lowest BCUT2D eigenvalue weighted by atomic mass is 9.98. The minimum Gasteiger partial charge on any atom is -0.449 e. The predicted octanol–water partition coefficient (Wildman–Crippen LogP) is 3.97. The third-order valence-corrected chi connectivity index (χ3v) is 3.20. The van der Waals surface area contributed by atoms with Crippen LogP contribution in [-0.2, 0) is 10.9 Å². The Morgan fingerprint density at radius 3 is 2.50 bits per heavy atom. The van der Waals surface area contributed by atoms with E-state index in [4.69, 9.17) is 4.74 Å². The van der Waals surface area contributed by atoms with E-state index >= 15 is 0 Å². The molecule has 0 bridgehead atoms. The molecule has 1 atom stereocenters. The van der Waals surface area contributed by atoms with Crippen molar-refractivity contribution < 1.29 is 22.7 Å². The first kappa shape index (κ1) is 12.7. The molecule has 0 aromatic heterocycles. The summed E-state index contributed by atoms with van der Waals surface area (Å²) < 4.78 is 43.3. The number of alkyl halides is 3. The summed E-state index contributed by atoms with van der Waals surface area (Å²) in [5.41, 5.74) is 0.556. The van der Waals surface area contributed by atoms with Gasteiger partial charge in [0.15, 0.2) is 6.10 Å². The molecule has 0 saturated carbocycles. The Morgan fingerprint density at radius 2 is 1.75 bits per heavy atom. The highest BCUT2D eigenvalue weighted by Gasteiger charge is 2.35. The Hall–Kier alpha value is -2.30. The predicted molar refractivity (Wildman–Crippen MR) is 65.1 cm³/mol. The van der Waals surface area contributed by atoms with Crippen molar-refractivity contribution >= 4 is 5.97 Å². The maximum absolute atomic E-state index is 12.7. The molecule has 2 nitrogen and oxygen atoms in total. The van der Waals surface area contributed by atoms with Crippen molar-refractivity contribution in [2.24, 2.45) is 0 Å². The van der Waals surface area contributed by atoms with Gasteiger partial charge in [-0.05, 0) is 23.8 Å².